The number of amides is 2. The number of thiophene rings is 1. The SMILES string of the molecule is CCc1ccc(CN2C(=O)c3sccc3-n3cccc3[C@@H]2C(=O)NC2CCCCCC2)cc1. The fraction of sp³-hybridized carbons (Fsp3) is 0.407. The van der Waals surface area contributed by atoms with Crippen LogP contribution in [0.3, 0.4) is 0 Å². The van der Waals surface area contributed by atoms with Crippen LogP contribution in [-0.2, 0) is 17.8 Å². The summed E-state index contributed by atoms with van der Waals surface area (Å²) < 4.78 is 2.02. The molecule has 3 aromatic rings. The zero-order valence-electron chi connectivity index (χ0n) is 19.1. The summed E-state index contributed by atoms with van der Waals surface area (Å²) in [6.07, 6.45) is 9.72. The van der Waals surface area contributed by atoms with Gasteiger partial charge in [0.2, 0.25) is 5.91 Å². The van der Waals surface area contributed by atoms with E-state index in [1.807, 2.05) is 34.3 Å². The van der Waals surface area contributed by atoms with Gasteiger partial charge in [-0.3, -0.25) is 9.59 Å². The molecule has 6 heteroatoms. The van der Waals surface area contributed by atoms with E-state index in [1.54, 1.807) is 4.90 Å². The Hall–Kier alpha value is -2.86. The lowest BCUT2D eigenvalue weighted by molar-refractivity contribution is -0.127. The van der Waals surface area contributed by atoms with Crippen molar-refractivity contribution in [2.75, 3.05) is 0 Å². The Kier molecular flexibility index (Phi) is 6.36. The van der Waals surface area contributed by atoms with Crippen molar-refractivity contribution in [3.8, 4) is 5.69 Å². The van der Waals surface area contributed by atoms with Gasteiger partial charge in [0, 0.05) is 18.8 Å². The molecule has 5 nitrogen and oxygen atoms in total. The minimum atomic E-state index is -0.666. The molecular formula is C27H31N3O2S. The molecule has 33 heavy (non-hydrogen) atoms. The largest absolute Gasteiger partial charge is 0.351 e. The van der Waals surface area contributed by atoms with Crippen LogP contribution in [0.15, 0.2) is 54.0 Å². The number of hydrogen-bond donors (Lipinski definition) is 1. The first-order valence-corrected chi connectivity index (χ1v) is 13.0. The molecule has 3 heterocycles. The molecule has 0 saturated heterocycles. The first kappa shape index (κ1) is 22.0. The maximum atomic E-state index is 13.8. The van der Waals surface area contributed by atoms with Crippen molar-refractivity contribution in [3.63, 3.8) is 0 Å². The van der Waals surface area contributed by atoms with Crippen LogP contribution in [0, 0.1) is 0 Å². The highest BCUT2D eigenvalue weighted by atomic mass is 32.1. The van der Waals surface area contributed by atoms with Crippen molar-refractivity contribution < 1.29 is 9.59 Å². The van der Waals surface area contributed by atoms with Crippen molar-refractivity contribution in [1.29, 1.82) is 0 Å². The van der Waals surface area contributed by atoms with E-state index in [2.05, 4.69) is 36.5 Å². The lowest BCUT2D eigenvalue weighted by atomic mass is 10.0. The quantitative estimate of drug-likeness (QED) is 0.500. The van der Waals surface area contributed by atoms with Gasteiger partial charge in [-0.15, -0.1) is 11.3 Å². The molecule has 5 rings (SSSR count). The van der Waals surface area contributed by atoms with Crippen molar-refractivity contribution in [2.24, 2.45) is 0 Å². The zero-order valence-corrected chi connectivity index (χ0v) is 19.9. The highest BCUT2D eigenvalue weighted by molar-refractivity contribution is 7.12. The number of benzene rings is 1. The van der Waals surface area contributed by atoms with Crippen LogP contribution in [0.1, 0.15) is 78.0 Å². The van der Waals surface area contributed by atoms with Gasteiger partial charge in [0.05, 0.1) is 11.4 Å². The first-order chi connectivity index (χ1) is 16.2. The molecule has 1 aliphatic heterocycles. The maximum absolute atomic E-state index is 13.8. The van der Waals surface area contributed by atoms with Crippen LogP contribution in [-0.4, -0.2) is 27.3 Å². The molecule has 2 amide bonds. The molecule has 1 aliphatic carbocycles. The Labute approximate surface area is 199 Å². The van der Waals surface area contributed by atoms with E-state index in [0.717, 1.165) is 49.0 Å². The van der Waals surface area contributed by atoms with Crippen LogP contribution >= 0.6 is 11.3 Å². The van der Waals surface area contributed by atoms with Gasteiger partial charge < -0.3 is 14.8 Å². The number of hydrogen-bond acceptors (Lipinski definition) is 3. The van der Waals surface area contributed by atoms with Crippen molar-refractivity contribution >= 4 is 23.2 Å². The number of carbonyl (C=O) groups excluding carboxylic acids is 2. The number of carbonyl (C=O) groups is 2. The molecule has 1 saturated carbocycles. The van der Waals surface area contributed by atoms with Gasteiger partial charge in [-0.05, 0) is 54.0 Å². The standard InChI is InChI=1S/C27H31N3O2S/c1-2-19-11-13-20(14-12-19)18-30-24(26(31)28-21-8-5-3-4-6-9-21)22-10-7-16-29(22)23-15-17-33-25(23)27(30)32/h7,10-17,21,24H,2-6,8-9,18H2,1H3,(H,28,31)/t24-/m1/s1. The van der Waals surface area contributed by atoms with Gasteiger partial charge in [-0.2, -0.15) is 0 Å². The minimum absolute atomic E-state index is 0.0736. The van der Waals surface area contributed by atoms with Gasteiger partial charge in [0.1, 0.15) is 4.88 Å². The minimum Gasteiger partial charge on any atom is -0.351 e. The normalized spacial score (nSPS) is 18.9. The van der Waals surface area contributed by atoms with Crippen LogP contribution in [0.25, 0.3) is 5.69 Å². The number of nitrogens with one attached hydrogen (secondary N) is 1. The fourth-order valence-corrected chi connectivity index (χ4v) is 5.95. The lowest BCUT2D eigenvalue weighted by Crippen LogP contribution is -2.46. The van der Waals surface area contributed by atoms with Crippen molar-refractivity contribution in [2.45, 2.75) is 70.5 Å². The molecule has 0 spiro atoms. The number of aromatic nitrogens is 1. The molecule has 1 N–H and O–H groups in total. The summed E-state index contributed by atoms with van der Waals surface area (Å²) >= 11 is 1.44. The van der Waals surface area contributed by atoms with Crippen LogP contribution in [0.4, 0.5) is 0 Å². The highest BCUT2D eigenvalue weighted by Crippen LogP contribution is 2.36. The van der Waals surface area contributed by atoms with E-state index in [1.165, 1.54) is 29.7 Å². The molecule has 0 unspecified atom stereocenters. The molecule has 1 aromatic carbocycles. The predicted octanol–water partition coefficient (Wildman–Crippen LogP) is 5.64. The topological polar surface area (TPSA) is 54.3 Å². The second kappa shape index (κ2) is 9.56. The second-order valence-electron chi connectivity index (χ2n) is 9.14. The van der Waals surface area contributed by atoms with Gasteiger partial charge in [0.25, 0.3) is 5.91 Å². The average Bonchev–Trinajstić information content (AvgIpc) is 3.41. The first-order valence-electron chi connectivity index (χ1n) is 12.1. The second-order valence-corrected chi connectivity index (χ2v) is 10.1. The smallest absolute Gasteiger partial charge is 0.267 e. The number of rotatable bonds is 5. The lowest BCUT2D eigenvalue weighted by Gasteiger charge is -2.31. The van der Waals surface area contributed by atoms with Crippen LogP contribution < -0.4 is 5.32 Å². The summed E-state index contributed by atoms with van der Waals surface area (Å²) in [6.45, 7) is 2.53. The van der Waals surface area contributed by atoms with Gasteiger partial charge in [0.15, 0.2) is 6.04 Å². The molecule has 2 aromatic heterocycles. The highest BCUT2D eigenvalue weighted by Gasteiger charge is 2.39. The fourth-order valence-electron chi connectivity index (χ4n) is 5.12. The summed E-state index contributed by atoms with van der Waals surface area (Å²) in [5.74, 6) is -0.153. The summed E-state index contributed by atoms with van der Waals surface area (Å²) in [6, 6.07) is 13.8. The summed E-state index contributed by atoms with van der Waals surface area (Å²) in [4.78, 5) is 30.0. The molecule has 0 radical (unpaired) electrons. The van der Waals surface area contributed by atoms with Gasteiger partial charge in [-0.1, -0.05) is 56.9 Å². The van der Waals surface area contributed by atoms with Crippen molar-refractivity contribution in [3.05, 3.63) is 75.7 Å². The maximum Gasteiger partial charge on any atom is 0.267 e. The third-order valence-electron chi connectivity index (χ3n) is 6.97. The van der Waals surface area contributed by atoms with E-state index >= 15 is 0 Å². The van der Waals surface area contributed by atoms with Gasteiger partial charge >= 0.3 is 0 Å². The third kappa shape index (κ3) is 4.36. The third-order valence-corrected chi connectivity index (χ3v) is 7.86. The van der Waals surface area contributed by atoms with Crippen molar-refractivity contribution in [1.82, 2.24) is 14.8 Å². The van der Waals surface area contributed by atoms with E-state index in [-0.39, 0.29) is 17.9 Å². The van der Waals surface area contributed by atoms with E-state index < -0.39 is 6.04 Å². The van der Waals surface area contributed by atoms with E-state index in [4.69, 9.17) is 0 Å². The average molecular weight is 462 g/mol. The molecule has 1 atom stereocenters. The Morgan fingerprint density at radius 2 is 1.76 bits per heavy atom. The van der Waals surface area contributed by atoms with Crippen LogP contribution in [0.2, 0.25) is 0 Å². The Morgan fingerprint density at radius 1 is 1.03 bits per heavy atom. The molecule has 0 bridgehead atoms. The summed E-state index contributed by atoms with van der Waals surface area (Å²) in [7, 11) is 0. The number of aryl methyl sites for hydroxylation is 1. The van der Waals surface area contributed by atoms with E-state index in [9.17, 15) is 9.59 Å². The Balaban J connectivity index is 1.52. The van der Waals surface area contributed by atoms with Crippen LogP contribution in [0.5, 0.6) is 0 Å². The predicted molar refractivity (Wildman–Crippen MR) is 132 cm³/mol. The molecule has 2 aliphatic rings. The van der Waals surface area contributed by atoms with Gasteiger partial charge in [-0.25, -0.2) is 0 Å². The molecule has 1 fully saturated rings. The summed E-state index contributed by atoms with van der Waals surface area (Å²) in [5, 5.41) is 5.27. The van der Waals surface area contributed by atoms with E-state index in [0.29, 0.717) is 11.4 Å². The molecular weight excluding hydrogens is 430 g/mol. The number of nitrogens with zero attached hydrogens (tertiary/aromatic N) is 2. The Bertz CT molecular complexity index is 1120. The Morgan fingerprint density at radius 3 is 2.48 bits per heavy atom. The number of fused-ring (bicyclic) bond motifs is 3. The summed E-state index contributed by atoms with van der Waals surface area (Å²) in [5.41, 5.74) is 4.00. The monoisotopic (exact) mass is 461 g/mol. The zero-order chi connectivity index (χ0) is 22.8. The molecule has 172 valence electrons.